The Kier molecular flexibility index (Phi) is 6.93. The van der Waals surface area contributed by atoms with Crippen LogP contribution in [0.15, 0.2) is 66.7 Å². The third kappa shape index (κ3) is 4.93. The number of hydrogen-bond acceptors (Lipinski definition) is 6. The van der Waals surface area contributed by atoms with E-state index in [1.54, 1.807) is 17.0 Å². The summed E-state index contributed by atoms with van der Waals surface area (Å²) in [6, 6.07) is 17.2. The van der Waals surface area contributed by atoms with Crippen LogP contribution in [0, 0.1) is 10.1 Å². The van der Waals surface area contributed by atoms with Crippen LogP contribution in [-0.4, -0.2) is 35.2 Å². The van der Waals surface area contributed by atoms with E-state index < -0.39 is 28.5 Å². The number of fused-ring (bicyclic) bond motifs is 1. The van der Waals surface area contributed by atoms with Crippen LogP contribution in [-0.2, 0) is 16.0 Å². The van der Waals surface area contributed by atoms with Crippen molar-refractivity contribution in [3.8, 4) is 0 Å². The van der Waals surface area contributed by atoms with Crippen LogP contribution in [0.5, 0.6) is 0 Å². The van der Waals surface area contributed by atoms with Crippen LogP contribution in [0.3, 0.4) is 0 Å². The van der Waals surface area contributed by atoms with E-state index in [2.05, 4.69) is 0 Å². The smallest absolute Gasteiger partial charge is 0.339 e. The van der Waals surface area contributed by atoms with Crippen molar-refractivity contribution in [2.24, 2.45) is 0 Å². The van der Waals surface area contributed by atoms with Crippen molar-refractivity contribution in [3.05, 3.63) is 104 Å². The number of para-hydroxylation sites is 1. The molecular weight excluding hydrogens is 472 g/mol. The molecule has 3 aromatic carbocycles. The number of ether oxygens (including phenoxy) is 1. The first-order chi connectivity index (χ1) is 16.8. The minimum Gasteiger partial charge on any atom is -0.449 e. The summed E-state index contributed by atoms with van der Waals surface area (Å²) in [6.45, 7) is 2.01. The molecule has 0 saturated carbocycles. The van der Waals surface area contributed by atoms with Gasteiger partial charge < -0.3 is 9.64 Å². The fourth-order valence-corrected chi connectivity index (χ4v) is 4.25. The second-order valence-electron chi connectivity index (χ2n) is 8.07. The fourth-order valence-electron chi connectivity index (χ4n) is 4.06. The van der Waals surface area contributed by atoms with E-state index in [1.807, 2.05) is 24.3 Å². The second kappa shape index (κ2) is 10.1. The van der Waals surface area contributed by atoms with E-state index in [9.17, 15) is 24.5 Å². The van der Waals surface area contributed by atoms with Gasteiger partial charge in [0.15, 0.2) is 11.9 Å². The molecule has 0 fully saturated rings. The number of anilines is 1. The van der Waals surface area contributed by atoms with Crippen LogP contribution in [0.1, 0.15) is 45.2 Å². The molecule has 178 valence electrons. The third-order valence-corrected chi connectivity index (χ3v) is 6.12. The van der Waals surface area contributed by atoms with Gasteiger partial charge in [-0.3, -0.25) is 19.7 Å². The Hall–Kier alpha value is -4.04. The maximum Gasteiger partial charge on any atom is 0.339 e. The van der Waals surface area contributed by atoms with Crippen molar-refractivity contribution in [1.82, 2.24) is 0 Å². The van der Waals surface area contributed by atoms with Crippen molar-refractivity contribution in [1.29, 1.82) is 0 Å². The lowest BCUT2D eigenvalue weighted by molar-refractivity contribution is -0.384. The first-order valence-corrected chi connectivity index (χ1v) is 11.3. The average Bonchev–Trinajstić information content (AvgIpc) is 2.87. The van der Waals surface area contributed by atoms with E-state index in [4.69, 9.17) is 16.3 Å². The molecule has 35 heavy (non-hydrogen) atoms. The van der Waals surface area contributed by atoms with Gasteiger partial charge in [-0.05, 0) is 49.6 Å². The molecule has 0 aromatic heterocycles. The van der Waals surface area contributed by atoms with Crippen molar-refractivity contribution in [3.63, 3.8) is 0 Å². The third-order valence-electron chi connectivity index (χ3n) is 5.80. The summed E-state index contributed by atoms with van der Waals surface area (Å²) in [4.78, 5) is 51.3. The van der Waals surface area contributed by atoms with Gasteiger partial charge in [0.1, 0.15) is 5.02 Å². The summed E-state index contributed by atoms with van der Waals surface area (Å²) in [5.41, 5.74) is 1.38. The van der Waals surface area contributed by atoms with E-state index in [0.717, 1.165) is 30.2 Å². The zero-order valence-corrected chi connectivity index (χ0v) is 19.5. The molecule has 9 heteroatoms. The van der Waals surface area contributed by atoms with Gasteiger partial charge in [-0.15, -0.1) is 0 Å². The highest BCUT2D eigenvalue weighted by Gasteiger charge is 2.30. The number of carbonyl (C=O) groups excluding carboxylic acids is 3. The van der Waals surface area contributed by atoms with Gasteiger partial charge in [-0.2, -0.15) is 0 Å². The number of nitro groups is 1. The molecule has 1 atom stereocenters. The number of nitrogens with zero attached hydrogens (tertiary/aromatic N) is 2. The van der Waals surface area contributed by atoms with Crippen molar-refractivity contribution in [2.45, 2.75) is 25.9 Å². The Bertz CT molecular complexity index is 1340. The molecular formula is C26H21ClN2O6. The number of rotatable bonds is 6. The Morgan fingerprint density at radius 1 is 1.03 bits per heavy atom. The molecule has 0 radical (unpaired) electrons. The summed E-state index contributed by atoms with van der Waals surface area (Å²) in [6.07, 6.45) is 0.578. The summed E-state index contributed by atoms with van der Waals surface area (Å²) in [7, 11) is 0. The molecule has 1 aliphatic heterocycles. The fraction of sp³-hybridized carbons (Fsp3) is 0.192. The Balaban J connectivity index is 1.56. The standard InChI is InChI=1S/C26H21ClN2O6/c1-16(25(31)28-14-6-8-17-7-2-5-11-22(17)28)35-26(32)20-10-4-3-9-19(20)24(30)18-12-13-21(27)23(15-18)29(33)34/h2-5,7,9-13,15-16H,6,8,14H2,1H3. The van der Waals surface area contributed by atoms with Gasteiger partial charge in [-0.25, -0.2) is 4.79 Å². The number of aryl methyl sites for hydroxylation is 1. The molecule has 0 N–H and O–H groups in total. The van der Waals surface area contributed by atoms with Gasteiger partial charge in [0, 0.05) is 29.4 Å². The first-order valence-electron chi connectivity index (χ1n) is 11.0. The molecule has 4 rings (SSSR count). The Labute approximate surface area is 206 Å². The predicted molar refractivity (Wildman–Crippen MR) is 130 cm³/mol. The summed E-state index contributed by atoms with van der Waals surface area (Å²) in [5.74, 6) is -1.81. The molecule has 8 nitrogen and oxygen atoms in total. The maximum atomic E-state index is 13.1. The molecule has 1 amide bonds. The van der Waals surface area contributed by atoms with Gasteiger partial charge in [-0.1, -0.05) is 48.0 Å². The number of esters is 1. The number of nitro benzene ring substituents is 1. The molecule has 3 aromatic rings. The zero-order chi connectivity index (χ0) is 25.1. The maximum absolute atomic E-state index is 13.1. The molecule has 0 spiro atoms. The van der Waals surface area contributed by atoms with Crippen LogP contribution < -0.4 is 4.90 Å². The van der Waals surface area contributed by atoms with E-state index in [0.29, 0.717) is 6.54 Å². The quantitative estimate of drug-likeness (QED) is 0.207. The van der Waals surface area contributed by atoms with Crippen LogP contribution in [0.4, 0.5) is 11.4 Å². The van der Waals surface area contributed by atoms with Crippen LogP contribution in [0.25, 0.3) is 0 Å². The largest absolute Gasteiger partial charge is 0.449 e. The van der Waals surface area contributed by atoms with E-state index >= 15 is 0 Å². The SMILES string of the molecule is CC(OC(=O)c1ccccc1C(=O)c1ccc(Cl)c([N+](=O)[O-])c1)C(=O)N1CCCc2ccccc21. The predicted octanol–water partition coefficient (Wildman–Crippen LogP) is 5.00. The van der Waals surface area contributed by atoms with Crippen LogP contribution >= 0.6 is 11.6 Å². The summed E-state index contributed by atoms with van der Waals surface area (Å²) < 4.78 is 5.46. The van der Waals surface area contributed by atoms with E-state index in [-0.39, 0.29) is 27.6 Å². The van der Waals surface area contributed by atoms with E-state index in [1.165, 1.54) is 31.2 Å². The normalized spacial score (nSPS) is 13.5. The molecule has 0 aliphatic carbocycles. The lowest BCUT2D eigenvalue weighted by Gasteiger charge is -2.31. The second-order valence-corrected chi connectivity index (χ2v) is 8.47. The van der Waals surface area contributed by atoms with Gasteiger partial charge in [0.05, 0.1) is 10.5 Å². The number of ketones is 1. The number of amides is 1. The molecule has 1 aliphatic rings. The van der Waals surface area contributed by atoms with Crippen molar-refractivity contribution >= 4 is 40.6 Å². The highest BCUT2D eigenvalue weighted by molar-refractivity contribution is 6.33. The van der Waals surface area contributed by atoms with Crippen LogP contribution in [0.2, 0.25) is 5.02 Å². The van der Waals surface area contributed by atoms with Gasteiger partial charge in [0.2, 0.25) is 0 Å². The highest BCUT2D eigenvalue weighted by atomic mass is 35.5. The Morgan fingerprint density at radius 2 is 1.71 bits per heavy atom. The van der Waals surface area contributed by atoms with Gasteiger partial charge >= 0.3 is 5.97 Å². The topological polar surface area (TPSA) is 107 Å². The number of benzene rings is 3. The number of carbonyl (C=O) groups is 3. The first kappa shape index (κ1) is 24.1. The monoisotopic (exact) mass is 492 g/mol. The molecule has 0 bridgehead atoms. The van der Waals surface area contributed by atoms with Crippen molar-refractivity contribution in [2.75, 3.05) is 11.4 Å². The highest BCUT2D eigenvalue weighted by Crippen LogP contribution is 2.29. The number of halogens is 1. The zero-order valence-electron chi connectivity index (χ0n) is 18.8. The minimum atomic E-state index is -1.09. The summed E-state index contributed by atoms with van der Waals surface area (Å²) >= 11 is 5.84. The summed E-state index contributed by atoms with van der Waals surface area (Å²) in [5, 5.41) is 11.1. The molecule has 0 saturated heterocycles. The minimum absolute atomic E-state index is 0.00270. The lowest BCUT2D eigenvalue weighted by Crippen LogP contribution is -2.42. The average molecular weight is 493 g/mol. The Morgan fingerprint density at radius 3 is 2.46 bits per heavy atom. The van der Waals surface area contributed by atoms with Crippen molar-refractivity contribution < 1.29 is 24.0 Å². The molecule has 1 heterocycles. The lowest BCUT2D eigenvalue weighted by atomic mass is 9.98. The van der Waals surface area contributed by atoms with Gasteiger partial charge in [0.25, 0.3) is 11.6 Å². The molecule has 1 unspecified atom stereocenters. The number of hydrogen-bond donors (Lipinski definition) is 0.